The second kappa shape index (κ2) is 10.3. The van der Waals surface area contributed by atoms with Crippen LogP contribution in [0.4, 0.5) is 0 Å². The van der Waals surface area contributed by atoms with Gasteiger partial charge in [0, 0.05) is 16.7 Å². The lowest BCUT2D eigenvalue weighted by molar-refractivity contribution is 0.370. The molecule has 4 aromatic carbocycles. The smallest absolute Gasteiger partial charge is 0.271 e. The van der Waals surface area contributed by atoms with E-state index in [-0.39, 0.29) is 18.2 Å². The molecule has 2 aliphatic rings. The minimum Gasteiger partial charge on any atom is -0.496 e. The molecule has 41 heavy (non-hydrogen) atoms. The molecule has 0 saturated carbocycles. The van der Waals surface area contributed by atoms with Crippen LogP contribution in [0, 0.1) is 12.3 Å². The molecule has 0 bridgehead atoms. The van der Waals surface area contributed by atoms with E-state index in [0.29, 0.717) is 15.1 Å². The van der Waals surface area contributed by atoms with E-state index in [4.69, 9.17) is 20.9 Å². The van der Waals surface area contributed by atoms with Gasteiger partial charge in [0.15, 0.2) is 4.80 Å². The molecule has 0 fully saturated rings. The second-order valence-corrected chi connectivity index (χ2v) is 11.1. The fourth-order valence-corrected chi connectivity index (χ4v) is 6.97. The van der Waals surface area contributed by atoms with Gasteiger partial charge in [-0.15, -0.1) is 6.42 Å². The zero-order valence-corrected chi connectivity index (χ0v) is 23.3. The van der Waals surface area contributed by atoms with Crippen LogP contribution in [0.25, 0.3) is 22.5 Å². The number of hydrogen-bond acceptors (Lipinski definition) is 5. The molecule has 1 aliphatic heterocycles. The predicted molar refractivity (Wildman–Crippen MR) is 164 cm³/mol. The molecule has 5 nitrogen and oxygen atoms in total. The van der Waals surface area contributed by atoms with Gasteiger partial charge in [0.1, 0.15) is 18.1 Å². The number of nitrogens with zero attached hydrogens (tertiary/aromatic N) is 2. The summed E-state index contributed by atoms with van der Waals surface area (Å²) < 4.78 is 14.2. The van der Waals surface area contributed by atoms with Crippen molar-refractivity contribution in [1.29, 1.82) is 0 Å². The van der Waals surface area contributed by atoms with E-state index in [1.54, 1.807) is 7.11 Å². The lowest BCUT2D eigenvalue weighted by Crippen LogP contribution is -2.39. The highest BCUT2D eigenvalue weighted by atomic mass is 32.1. The maximum absolute atomic E-state index is 14.3. The van der Waals surface area contributed by atoms with Crippen molar-refractivity contribution < 1.29 is 9.47 Å². The Labute approximate surface area is 241 Å². The predicted octanol–water partition coefficient (Wildman–Crippen LogP) is 5.49. The van der Waals surface area contributed by atoms with Crippen molar-refractivity contribution in [2.75, 3.05) is 13.7 Å². The maximum atomic E-state index is 14.3. The van der Waals surface area contributed by atoms with Gasteiger partial charge >= 0.3 is 0 Å². The van der Waals surface area contributed by atoms with Crippen molar-refractivity contribution in [3.8, 4) is 23.8 Å². The number of allylic oxidation sites excluding steroid dienone is 1. The van der Waals surface area contributed by atoms with Crippen molar-refractivity contribution >= 4 is 33.9 Å². The van der Waals surface area contributed by atoms with Gasteiger partial charge in [-0.25, -0.2) is 4.99 Å². The first-order valence-corrected chi connectivity index (χ1v) is 14.3. The standard InChI is InChI=1S/C35H26N2O3S/c1-3-20-40-30-19-17-22-10-4-6-12-24(22)28(30)21-31-34(38)37-33(26-14-8-9-15-29(26)39-2)27-18-16-23-11-5-7-13-25(23)32(27)36-35(37)41-31/h1,4-15,17,19,21,33H,16,18,20H2,2H3/t33-/m0/s1. The number of aryl methyl sites for hydroxylation is 1. The van der Waals surface area contributed by atoms with Gasteiger partial charge < -0.3 is 9.47 Å². The van der Waals surface area contributed by atoms with Crippen LogP contribution in [0.5, 0.6) is 11.5 Å². The van der Waals surface area contributed by atoms with Gasteiger partial charge in [-0.05, 0) is 53.0 Å². The largest absolute Gasteiger partial charge is 0.496 e. The summed E-state index contributed by atoms with van der Waals surface area (Å²) in [7, 11) is 1.67. The molecule has 6 heteroatoms. The molecule has 0 amide bonds. The quantitative estimate of drug-likeness (QED) is 0.270. The Morgan fingerprint density at radius 3 is 2.68 bits per heavy atom. The molecule has 1 aromatic heterocycles. The fraction of sp³-hybridized carbons (Fsp3) is 0.143. The molecule has 0 N–H and O–H groups in total. The topological polar surface area (TPSA) is 52.8 Å². The van der Waals surface area contributed by atoms with E-state index in [9.17, 15) is 4.79 Å². The average molecular weight is 555 g/mol. The summed E-state index contributed by atoms with van der Waals surface area (Å²) in [6.07, 6.45) is 9.14. The fourth-order valence-electron chi connectivity index (χ4n) is 5.99. The Morgan fingerprint density at radius 1 is 1.00 bits per heavy atom. The number of methoxy groups -OCH3 is 1. The van der Waals surface area contributed by atoms with Gasteiger partial charge in [0.05, 0.1) is 23.4 Å². The van der Waals surface area contributed by atoms with Crippen LogP contribution in [0.2, 0.25) is 0 Å². The van der Waals surface area contributed by atoms with Crippen molar-refractivity contribution in [3.63, 3.8) is 0 Å². The maximum Gasteiger partial charge on any atom is 0.271 e. The van der Waals surface area contributed by atoms with Crippen molar-refractivity contribution in [1.82, 2.24) is 4.57 Å². The van der Waals surface area contributed by atoms with Crippen LogP contribution in [0.15, 0.2) is 100 Å². The van der Waals surface area contributed by atoms with E-state index >= 15 is 0 Å². The molecular weight excluding hydrogens is 528 g/mol. The lowest BCUT2D eigenvalue weighted by Gasteiger charge is -2.31. The Bertz CT molecular complexity index is 2090. The van der Waals surface area contributed by atoms with Gasteiger partial charge in [0.25, 0.3) is 5.56 Å². The van der Waals surface area contributed by atoms with Gasteiger partial charge in [-0.2, -0.15) is 0 Å². The van der Waals surface area contributed by atoms with E-state index < -0.39 is 0 Å². The molecule has 1 aliphatic carbocycles. The highest BCUT2D eigenvalue weighted by Gasteiger charge is 2.34. The van der Waals surface area contributed by atoms with Crippen LogP contribution >= 0.6 is 11.3 Å². The number of terminal acetylenes is 1. The second-order valence-electron chi connectivity index (χ2n) is 10.0. The Balaban J connectivity index is 1.52. The molecular formula is C35H26N2O3S. The number of para-hydroxylation sites is 1. The van der Waals surface area contributed by atoms with Crippen molar-refractivity contribution in [2.45, 2.75) is 18.9 Å². The van der Waals surface area contributed by atoms with Crippen LogP contribution < -0.4 is 24.4 Å². The summed E-state index contributed by atoms with van der Waals surface area (Å²) in [5.41, 5.74) is 6.18. The van der Waals surface area contributed by atoms with Crippen LogP contribution in [-0.2, 0) is 6.42 Å². The Kier molecular flexibility index (Phi) is 6.30. The summed E-state index contributed by atoms with van der Waals surface area (Å²) in [4.78, 5) is 20.1. The van der Waals surface area contributed by atoms with Crippen LogP contribution in [0.3, 0.4) is 0 Å². The molecule has 0 radical (unpaired) electrons. The molecule has 200 valence electrons. The number of ether oxygens (including phenoxy) is 2. The lowest BCUT2D eigenvalue weighted by atomic mass is 9.83. The molecule has 5 aromatic rings. The van der Waals surface area contributed by atoms with Crippen molar-refractivity contribution in [2.24, 2.45) is 4.99 Å². The molecule has 0 spiro atoms. The number of aromatic nitrogens is 1. The zero-order chi connectivity index (χ0) is 27.9. The van der Waals surface area contributed by atoms with Gasteiger partial charge in [-0.3, -0.25) is 9.36 Å². The van der Waals surface area contributed by atoms with Gasteiger partial charge in [0.2, 0.25) is 0 Å². The monoisotopic (exact) mass is 554 g/mol. The minimum absolute atomic E-state index is 0.0918. The Hall–Kier alpha value is -4.86. The first-order valence-electron chi connectivity index (χ1n) is 13.5. The summed E-state index contributed by atoms with van der Waals surface area (Å²) in [6, 6.07) is 28.0. The minimum atomic E-state index is -0.322. The zero-order valence-electron chi connectivity index (χ0n) is 22.5. The number of rotatable bonds is 5. The number of thiazole rings is 1. The Morgan fingerprint density at radius 2 is 1.80 bits per heavy atom. The summed E-state index contributed by atoms with van der Waals surface area (Å²) >= 11 is 1.40. The highest BCUT2D eigenvalue weighted by molar-refractivity contribution is 7.07. The number of fused-ring (bicyclic) bond motifs is 4. The third-order valence-electron chi connectivity index (χ3n) is 7.82. The van der Waals surface area contributed by atoms with Crippen molar-refractivity contribution in [3.05, 3.63) is 132 Å². The average Bonchev–Trinajstić information content (AvgIpc) is 3.33. The van der Waals surface area contributed by atoms with Crippen LogP contribution in [-0.4, -0.2) is 18.3 Å². The van der Waals surface area contributed by atoms with E-state index in [0.717, 1.165) is 57.3 Å². The number of benzene rings is 4. The summed E-state index contributed by atoms with van der Waals surface area (Å²) in [5.74, 6) is 3.94. The number of hydrogen-bond donors (Lipinski definition) is 0. The molecule has 0 saturated heterocycles. The van der Waals surface area contributed by atoms with E-state index in [1.807, 2.05) is 71.3 Å². The van der Waals surface area contributed by atoms with E-state index in [1.165, 1.54) is 16.9 Å². The normalized spacial score (nSPS) is 15.9. The molecule has 1 atom stereocenters. The SMILES string of the molecule is C#CCOc1ccc2ccccc2c1C=c1sc2n(c1=O)[C@@H](c1ccccc1OC)C1=C(N=2)c2ccccc2CC1. The van der Waals surface area contributed by atoms with Crippen LogP contribution in [0.1, 0.15) is 34.7 Å². The third kappa shape index (κ3) is 4.18. The third-order valence-corrected chi connectivity index (χ3v) is 8.81. The highest BCUT2D eigenvalue weighted by Crippen LogP contribution is 2.43. The summed E-state index contributed by atoms with van der Waals surface area (Å²) in [6.45, 7) is 0.139. The molecule has 2 heterocycles. The molecule has 0 unspecified atom stereocenters. The molecule has 7 rings (SSSR count). The first-order chi connectivity index (χ1) is 20.2. The summed E-state index contributed by atoms with van der Waals surface area (Å²) in [5, 5.41) is 2.04. The first kappa shape index (κ1) is 25.1. The van der Waals surface area contributed by atoms with Gasteiger partial charge in [-0.1, -0.05) is 90.1 Å². The van der Waals surface area contributed by atoms with E-state index in [2.05, 4.69) is 30.2 Å².